The van der Waals surface area contributed by atoms with Crippen LogP contribution in [0, 0.1) is 0 Å². The summed E-state index contributed by atoms with van der Waals surface area (Å²) in [6, 6.07) is 5.93. The number of carbonyl (C=O) groups excluding carboxylic acids is 1. The first-order valence-electron chi connectivity index (χ1n) is 6.33. The number of esters is 1. The number of carbonyl (C=O) groups is 1. The van der Waals surface area contributed by atoms with E-state index >= 15 is 0 Å². The fraction of sp³-hybridized carbons (Fsp3) is 0.500. The summed E-state index contributed by atoms with van der Waals surface area (Å²) in [7, 11) is 0. The summed E-state index contributed by atoms with van der Waals surface area (Å²) in [6.45, 7) is 3.98. The number of hydrogen-bond donors (Lipinski definition) is 1. The van der Waals surface area contributed by atoms with Gasteiger partial charge in [0.05, 0.1) is 0 Å². The Morgan fingerprint density at radius 3 is 3.12 bits per heavy atom. The van der Waals surface area contributed by atoms with Crippen molar-refractivity contribution >= 4 is 5.97 Å². The van der Waals surface area contributed by atoms with E-state index < -0.39 is 0 Å². The van der Waals surface area contributed by atoms with Crippen LogP contribution in [0.1, 0.15) is 37.3 Å². The Morgan fingerprint density at radius 1 is 1.41 bits per heavy atom. The Labute approximate surface area is 102 Å². The fourth-order valence-electron chi connectivity index (χ4n) is 2.02. The van der Waals surface area contributed by atoms with Crippen LogP contribution in [-0.4, -0.2) is 12.5 Å². The van der Waals surface area contributed by atoms with E-state index in [1.807, 2.05) is 18.2 Å². The second-order valence-corrected chi connectivity index (χ2v) is 4.43. The quantitative estimate of drug-likeness (QED) is 0.641. The highest BCUT2D eigenvalue weighted by molar-refractivity contribution is 5.72. The maximum absolute atomic E-state index is 11.5. The summed E-state index contributed by atoms with van der Waals surface area (Å²) in [5, 5.41) is 3.32. The molecule has 0 aliphatic carbocycles. The molecule has 1 aromatic rings. The van der Waals surface area contributed by atoms with Crippen LogP contribution >= 0.6 is 0 Å². The standard InChI is InChI=1S/C14H19NO2/c1-2-3-4-14(16)17-13-6-5-12-10-15-8-7-11(12)9-13/h5-6,9,15H,2-4,7-8,10H2,1H3. The van der Waals surface area contributed by atoms with E-state index in [0.717, 1.165) is 32.4 Å². The summed E-state index contributed by atoms with van der Waals surface area (Å²) in [5.41, 5.74) is 2.61. The Bertz CT molecular complexity index is 401. The van der Waals surface area contributed by atoms with E-state index in [0.29, 0.717) is 12.2 Å². The van der Waals surface area contributed by atoms with E-state index in [1.165, 1.54) is 11.1 Å². The van der Waals surface area contributed by atoms with Crippen molar-refractivity contribution in [2.24, 2.45) is 0 Å². The molecule has 1 aromatic carbocycles. The van der Waals surface area contributed by atoms with Gasteiger partial charge in [0.15, 0.2) is 0 Å². The zero-order valence-corrected chi connectivity index (χ0v) is 10.3. The summed E-state index contributed by atoms with van der Waals surface area (Å²) in [4.78, 5) is 11.5. The van der Waals surface area contributed by atoms with Gasteiger partial charge in [-0.05, 0) is 42.6 Å². The van der Waals surface area contributed by atoms with Crippen molar-refractivity contribution in [3.63, 3.8) is 0 Å². The smallest absolute Gasteiger partial charge is 0.311 e. The predicted octanol–water partition coefficient (Wildman–Crippen LogP) is 2.43. The lowest BCUT2D eigenvalue weighted by molar-refractivity contribution is -0.134. The van der Waals surface area contributed by atoms with Gasteiger partial charge in [-0.25, -0.2) is 0 Å². The molecule has 0 unspecified atom stereocenters. The lowest BCUT2D eigenvalue weighted by atomic mass is 10.0. The second-order valence-electron chi connectivity index (χ2n) is 4.43. The van der Waals surface area contributed by atoms with Crippen molar-refractivity contribution in [3.8, 4) is 5.75 Å². The number of fused-ring (bicyclic) bond motifs is 1. The molecule has 0 atom stereocenters. The zero-order chi connectivity index (χ0) is 12.1. The first-order chi connectivity index (χ1) is 8.29. The molecule has 1 N–H and O–H groups in total. The van der Waals surface area contributed by atoms with Gasteiger partial charge in [-0.3, -0.25) is 4.79 Å². The molecule has 3 nitrogen and oxygen atoms in total. The summed E-state index contributed by atoms with van der Waals surface area (Å²) < 4.78 is 5.32. The van der Waals surface area contributed by atoms with Crippen LogP contribution in [0.25, 0.3) is 0 Å². The molecule has 0 fully saturated rings. The van der Waals surface area contributed by atoms with Gasteiger partial charge in [0.25, 0.3) is 0 Å². The van der Waals surface area contributed by atoms with Gasteiger partial charge in [-0.1, -0.05) is 19.4 Å². The molecule has 0 radical (unpaired) electrons. The Hall–Kier alpha value is -1.35. The van der Waals surface area contributed by atoms with Crippen molar-refractivity contribution in [1.82, 2.24) is 5.32 Å². The van der Waals surface area contributed by atoms with Gasteiger partial charge < -0.3 is 10.1 Å². The van der Waals surface area contributed by atoms with Gasteiger partial charge in [0.1, 0.15) is 5.75 Å². The highest BCUT2D eigenvalue weighted by Gasteiger charge is 2.11. The van der Waals surface area contributed by atoms with Crippen molar-refractivity contribution in [2.45, 2.75) is 39.2 Å². The molecule has 2 rings (SSSR count). The largest absolute Gasteiger partial charge is 0.427 e. The topological polar surface area (TPSA) is 38.3 Å². The highest BCUT2D eigenvalue weighted by atomic mass is 16.5. The number of benzene rings is 1. The van der Waals surface area contributed by atoms with E-state index in [9.17, 15) is 4.79 Å². The molecule has 3 heteroatoms. The van der Waals surface area contributed by atoms with Crippen LogP contribution < -0.4 is 10.1 Å². The molecule has 0 amide bonds. The monoisotopic (exact) mass is 233 g/mol. The lowest BCUT2D eigenvalue weighted by Gasteiger charge is -2.17. The Kier molecular flexibility index (Phi) is 4.15. The van der Waals surface area contributed by atoms with Crippen LogP contribution in [0.15, 0.2) is 18.2 Å². The van der Waals surface area contributed by atoms with E-state index in [1.54, 1.807) is 0 Å². The maximum Gasteiger partial charge on any atom is 0.311 e. The van der Waals surface area contributed by atoms with Gasteiger partial charge in [0, 0.05) is 13.0 Å². The molecule has 92 valence electrons. The Balaban J connectivity index is 1.99. The van der Waals surface area contributed by atoms with Crippen LogP contribution in [-0.2, 0) is 17.8 Å². The van der Waals surface area contributed by atoms with Crippen molar-refractivity contribution < 1.29 is 9.53 Å². The third-order valence-corrected chi connectivity index (χ3v) is 3.03. The SMILES string of the molecule is CCCCC(=O)Oc1ccc2c(c1)CCNC2. The molecule has 1 heterocycles. The minimum absolute atomic E-state index is 0.124. The van der Waals surface area contributed by atoms with E-state index in [4.69, 9.17) is 4.74 Å². The molecule has 0 spiro atoms. The second kappa shape index (κ2) is 5.82. The molecule has 0 saturated carbocycles. The number of nitrogens with one attached hydrogen (secondary N) is 1. The average Bonchev–Trinajstić information content (AvgIpc) is 2.36. The molecular formula is C14H19NO2. The normalized spacial score (nSPS) is 14.2. The molecule has 0 saturated heterocycles. The number of ether oxygens (including phenoxy) is 1. The van der Waals surface area contributed by atoms with Gasteiger partial charge in [-0.2, -0.15) is 0 Å². The third-order valence-electron chi connectivity index (χ3n) is 3.03. The van der Waals surface area contributed by atoms with Gasteiger partial charge >= 0.3 is 5.97 Å². The molecule has 1 aliphatic rings. The van der Waals surface area contributed by atoms with E-state index in [-0.39, 0.29) is 5.97 Å². The molecule has 0 aromatic heterocycles. The number of rotatable bonds is 4. The summed E-state index contributed by atoms with van der Waals surface area (Å²) >= 11 is 0. The average molecular weight is 233 g/mol. The van der Waals surface area contributed by atoms with Crippen LogP contribution in [0.4, 0.5) is 0 Å². The van der Waals surface area contributed by atoms with Crippen molar-refractivity contribution in [2.75, 3.05) is 6.54 Å². The lowest BCUT2D eigenvalue weighted by Crippen LogP contribution is -2.23. The molecule has 17 heavy (non-hydrogen) atoms. The van der Waals surface area contributed by atoms with Crippen molar-refractivity contribution in [1.29, 1.82) is 0 Å². The zero-order valence-electron chi connectivity index (χ0n) is 10.3. The molecule has 0 bridgehead atoms. The minimum Gasteiger partial charge on any atom is -0.427 e. The minimum atomic E-state index is -0.124. The number of unbranched alkanes of at least 4 members (excludes halogenated alkanes) is 1. The van der Waals surface area contributed by atoms with Crippen LogP contribution in [0.5, 0.6) is 5.75 Å². The summed E-state index contributed by atoms with van der Waals surface area (Å²) in [5.74, 6) is 0.562. The summed E-state index contributed by atoms with van der Waals surface area (Å²) in [6.07, 6.45) is 3.43. The first kappa shape index (κ1) is 12.1. The predicted molar refractivity (Wildman–Crippen MR) is 67.0 cm³/mol. The van der Waals surface area contributed by atoms with Gasteiger partial charge in [-0.15, -0.1) is 0 Å². The molecular weight excluding hydrogens is 214 g/mol. The first-order valence-corrected chi connectivity index (χ1v) is 6.33. The van der Waals surface area contributed by atoms with Crippen LogP contribution in [0.3, 0.4) is 0 Å². The van der Waals surface area contributed by atoms with Crippen molar-refractivity contribution in [3.05, 3.63) is 29.3 Å². The third kappa shape index (κ3) is 3.30. The fourth-order valence-corrected chi connectivity index (χ4v) is 2.02. The van der Waals surface area contributed by atoms with E-state index in [2.05, 4.69) is 12.2 Å². The number of hydrogen-bond acceptors (Lipinski definition) is 3. The maximum atomic E-state index is 11.5. The van der Waals surface area contributed by atoms with Crippen LogP contribution in [0.2, 0.25) is 0 Å². The molecule has 1 aliphatic heterocycles. The highest BCUT2D eigenvalue weighted by Crippen LogP contribution is 2.21. The van der Waals surface area contributed by atoms with Gasteiger partial charge in [0.2, 0.25) is 0 Å². The Morgan fingerprint density at radius 2 is 2.29 bits per heavy atom.